The maximum Gasteiger partial charge on any atom is 0.131 e. The summed E-state index contributed by atoms with van der Waals surface area (Å²) in [5.74, 6) is 2.02. The summed E-state index contributed by atoms with van der Waals surface area (Å²) in [6.45, 7) is 4.95. The van der Waals surface area contributed by atoms with E-state index in [1.165, 1.54) is 37.8 Å². The van der Waals surface area contributed by atoms with Gasteiger partial charge in [0, 0.05) is 23.2 Å². The lowest BCUT2D eigenvalue weighted by Gasteiger charge is -2.22. The first-order valence-corrected chi connectivity index (χ1v) is 7.26. The van der Waals surface area contributed by atoms with E-state index in [0.29, 0.717) is 18.4 Å². The lowest BCUT2D eigenvalue weighted by Crippen LogP contribution is -2.13. The Labute approximate surface area is 110 Å². The van der Waals surface area contributed by atoms with E-state index in [2.05, 4.69) is 24.9 Å². The molecular formula is C15H25N3. The van der Waals surface area contributed by atoms with E-state index in [1.807, 2.05) is 0 Å². The summed E-state index contributed by atoms with van der Waals surface area (Å²) in [7, 11) is 0. The van der Waals surface area contributed by atoms with Gasteiger partial charge >= 0.3 is 0 Å². The minimum Gasteiger partial charge on any atom is -0.330 e. The molecule has 1 saturated carbocycles. The molecule has 0 bridgehead atoms. The van der Waals surface area contributed by atoms with E-state index in [4.69, 9.17) is 10.7 Å². The van der Waals surface area contributed by atoms with Crippen LogP contribution in [-0.2, 0) is 0 Å². The number of aromatic nitrogens is 2. The van der Waals surface area contributed by atoms with Crippen LogP contribution in [0.3, 0.4) is 0 Å². The van der Waals surface area contributed by atoms with E-state index >= 15 is 0 Å². The molecule has 0 amide bonds. The minimum absolute atomic E-state index is 0.372. The SMILES string of the molecule is Cc1cc(C2CCCCC2)nc(C(C)CCN)n1. The number of hydrogen-bond acceptors (Lipinski definition) is 3. The molecule has 1 aromatic heterocycles. The molecule has 3 heteroatoms. The second kappa shape index (κ2) is 6.28. The van der Waals surface area contributed by atoms with Crippen LogP contribution >= 0.6 is 0 Å². The molecule has 0 spiro atoms. The fourth-order valence-corrected chi connectivity index (χ4v) is 2.82. The second-order valence-electron chi connectivity index (χ2n) is 5.61. The summed E-state index contributed by atoms with van der Waals surface area (Å²) in [4.78, 5) is 9.39. The normalized spacial score (nSPS) is 18.8. The Kier molecular flexibility index (Phi) is 4.70. The van der Waals surface area contributed by atoms with Crippen LogP contribution in [0.1, 0.15) is 74.5 Å². The van der Waals surface area contributed by atoms with Crippen LogP contribution in [0.25, 0.3) is 0 Å². The predicted octanol–water partition coefficient (Wildman–Crippen LogP) is 3.29. The van der Waals surface area contributed by atoms with Crippen molar-refractivity contribution < 1.29 is 0 Å². The highest BCUT2D eigenvalue weighted by Gasteiger charge is 2.19. The molecule has 3 nitrogen and oxygen atoms in total. The van der Waals surface area contributed by atoms with Gasteiger partial charge in [-0.25, -0.2) is 9.97 Å². The van der Waals surface area contributed by atoms with E-state index < -0.39 is 0 Å². The molecule has 0 aliphatic heterocycles. The van der Waals surface area contributed by atoms with Crippen LogP contribution < -0.4 is 5.73 Å². The van der Waals surface area contributed by atoms with E-state index in [1.54, 1.807) is 0 Å². The van der Waals surface area contributed by atoms with Gasteiger partial charge in [0.25, 0.3) is 0 Å². The van der Waals surface area contributed by atoms with Gasteiger partial charge in [-0.15, -0.1) is 0 Å². The zero-order chi connectivity index (χ0) is 13.0. The average Bonchev–Trinajstić information content (AvgIpc) is 2.39. The number of nitrogens with two attached hydrogens (primary N) is 1. The van der Waals surface area contributed by atoms with Crippen LogP contribution in [0, 0.1) is 6.92 Å². The molecule has 1 aliphatic carbocycles. The molecule has 1 unspecified atom stereocenters. The molecule has 100 valence electrons. The highest BCUT2D eigenvalue weighted by molar-refractivity contribution is 5.16. The topological polar surface area (TPSA) is 51.8 Å². The fraction of sp³-hybridized carbons (Fsp3) is 0.733. The Balaban J connectivity index is 2.19. The number of rotatable bonds is 4. The van der Waals surface area contributed by atoms with E-state index in [0.717, 1.165) is 17.9 Å². The Morgan fingerprint density at radius 3 is 2.67 bits per heavy atom. The van der Waals surface area contributed by atoms with Gasteiger partial charge in [0.05, 0.1) is 0 Å². The smallest absolute Gasteiger partial charge is 0.131 e. The van der Waals surface area contributed by atoms with Crippen molar-refractivity contribution in [1.29, 1.82) is 0 Å². The van der Waals surface area contributed by atoms with Crippen LogP contribution in [-0.4, -0.2) is 16.5 Å². The van der Waals surface area contributed by atoms with Crippen molar-refractivity contribution >= 4 is 0 Å². The van der Waals surface area contributed by atoms with Crippen LogP contribution in [0.2, 0.25) is 0 Å². The molecule has 2 N–H and O–H groups in total. The van der Waals surface area contributed by atoms with Crippen molar-refractivity contribution in [2.75, 3.05) is 6.54 Å². The largest absolute Gasteiger partial charge is 0.330 e. The number of nitrogens with zero attached hydrogens (tertiary/aromatic N) is 2. The Morgan fingerprint density at radius 2 is 2.00 bits per heavy atom. The first-order chi connectivity index (χ1) is 8.70. The first-order valence-electron chi connectivity index (χ1n) is 7.26. The van der Waals surface area contributed by atoms with Crippen LogP contribution in [0.15, 0.2) is 6.07 Å². The zero-order valence-corrected chi connectivity index (χ0v) is 11.7. The minimum atomic E-state index is 0.372. The van der Waals surface area contributed by atoms with Gasteiger partial charge < -0.3 is 5.73 Å². The van der Waals surface area contributed by atoms with Crippen LogP contribution in [0.5, 0.6) is 0 Å². The molecule has 0 radical (unpaired) electrons. The highest BCUT2D eigenvalue weighted by atomic mass is 14.9. The molecule has 1 heterocycles. The third kappa shape index (κ3) is 3.29. The van der Waals surface area contributed by atoms with Gasteiger partial charge in [-0.2, -0.15) is 0 Å². The lowest BCUT2D eigenvalue weighted by atomic mass is 9.86. The molecule has 2 rings (SSSR count). The summed E-state index contributed by atoms with van der Waals surface area (Å²) in [5, 5.41) is 0. The third-order valence-electron chi connectivity index (χ3n) is 3.96. The molecule has 1 aliphatic rings. The van der Waals surface area contributed by atoms with Crippen molar-refractivity contribution in [3.63, 3.8) is 0 Å². The number of aryl methyl sites for hydroxylation is 1. The van der Waals surface area contributed by atoms with E-state index in [9.17, 15) is 0 Å². The maximum absolute atomic E-state index is 5.63. The molecule has 0 saturated heterocycles. The molecule has 1 aromatic rings. The summed E-state index contributed by atoms with van der Waals surface area (Å²) < 4.78 is 0. The highest BCUT2D eigenvalue weighted by Crippen LogP contribution is 2.32. The second-order valence-corrected chi connectivity index (χ2v) is 5.61. The lowest BCUT2D eigenvalue weighted by molar-refractivity contribution is 0.433. The standard InChI is InChI=1S/C15H25N3/c1-11(8-9-16)15-17-12(2)10-14(18-15)13-6-4-3-5-7-13/h10-11,13H,3-9,16H2,1-2H3. The summed E-state index contributed by atoms with van der Waals surface area (Å²) in [6, 6.07) is 2.18. The van der Waals surface area contributed by atoms with Crippen LogP contribution in [0.4, 0.5) is 0 Å². The summed E-state index contributed by atoms with van der Waals surface area (Å²) >= 11 is 0. The average molecular weight is 247 g/mol. The maximum atomic E-state index is 5.63. The monoisotopic (exact) mass is 247 g/mol. The summed E-state index contributed by atoms with van der Waals surface area (Å²) in [6.07, 6.45) is 7.63. The first kappa shape index (κ1) is 13.5. The zero-order valence-electron chi connectivity index (χ0n) is 11.7. The molecule has 1 fully saturated rings. The Morgan fingerprint density at radius 1 is 1.28 bits per heavy atom. The Hall–Kier alpha value is -0.960. The molecule has 0 aromatic carbocycles. The van der Waals surface area contributed by atoms with Gasteiger partial charge in [-0.05, 0) is 38.8 Å². The quantitative estimate of drug-likeness (QED) is 0.888. The van der Waals surface area contributed by atoms with E-state index in [-0.39, 0.29) is 0 Å². The van der Waals surface area contributed by atoms with Gasteiger partial charge in [0.1, 0.15) is 5.82 Å². The van der Waals surface area contributed by atoms with Crippen molar-refractivity contribution in [1.82, 2.24) is 9.97 Å². The Bertz CT molecular complexity index is 383. The molecular weight excluding hydrogens is 222 g/mol. The van der Waals surface area contributed by atoms with Gasteiger partial charge in [-0.1, -0.05) is 26.2 Å². The third-order valence-corrected chi connectivity index (χ3v) is 3.96. The molecule has 1 atom stereocenters. The predicted molar refractivity (Wildman–Crippen MR) is 74.7 cm³/mol. The number of hydrogen-bond donors (Lipinski definition) is 1. The summed E-state index contributed by atoms with van der Waals surface area (Å²) in [5.41, 5.74) is 8.00. The molecule has 18 heavy (non-hydrogen) atoms. The van der Waals surface area contributed by atoms with Gasteiger partial charge in [-0.3, -0.25) is 0 Å². The van der Waals surface area contributed by atoms with Crippen molar-refractivity contribution in [3.8, 4) is 0 Å². The van der Waals surface area contributed by atoms with Crippen molar-refractivity contribution in [2.24, 2.45) is 5.73 Å². The van der Waals surface area contributed by atoms with Gasteiger partial charge in [0.2, 0.25) is 0 Å². The fourth-order valence-electron chi connectivity index (χ4n) is 2.82. The van der Waals surface area contributed by atoms with Crippen molar-refractivity contribution in [3.05, 3.63) is 23.3 Å². The van der Waals surface area contributed by atoms with Crippen molar-refractivity contribution in [2.45, 2.75) is 64.2 Å². The van der Waals surface area contributed by atoms with Gasteiger partial charge in [0.15, 0.2) is 0 Å².